The average Bonchev–Trinajstić information content (AvgIpc) is 2.15. The molecule has 0 fully saturated rings. The van der Waals surface area contributed by atoms with E-state index >= 15 is 0 Å². The van der Waals surface area contributed by atoms with Gasteiger partial charge < -0.3 is 0 Å². The minimum Gasteiger partial charge on any atom is -0.192 e. The van der Waals surface area contributed by atoms with Gasteiger partial charge in [-0.2, -0.15) is 18.4 Å². The minimum absolute atomic E-state index is 0.0525. The second kappa shape index (κ2) is 4.01. The lowest BCUT2D eigenvalue weighted by Crippen LogP contribution is -2.05. The maximum absolute atomic E-state index is 12.2. The van der Waals surface area contributed by atoms with E-state index in [9.17, 15) is 13.2 Å². The number of rotatable bonds is 1. The number of halogens is 4. The topological polar surface area (TPSA) is 23.8 Å². The van der Waals surface area contributed by atoms with E-state index in [0.717, 1.165) is 12.1 Å². The number of benzene rings is 1. The van der Waals surface area contributed by atoms with Crippen LogP contribution in [-0.4, -0.2) is 0 Å². The Morgan fingerprint density at radius 3 is 2.43 bits per heavy atom. The van der Waals surface area contributed by atoms with Crippen molar-refractivity contribution >= 4 is 15.9 Å². The molecule has 14 heavy (non-hydrogen) atoms. The average molecular weight is 264 g/mol. The molecule has 1 aromatic carbocycles. The first-order valence-electron chi connectivity index (χ1n) is 3.65. The first-order valence-corrected chi connectivity index (χ1v) is 4.77. The summed E-state index contributed by atoms with van der Waals surface area (Å²) in [6.45, 7) is 0. The SMILES string of the molecule is N#Cc1cc(C(F)(F)F)ccc1CBr. The molecule has 0 aromatic heterocycles. The Labute approximate surface area is 87.3 Å². The fourth-order valence-electron chi connectivity index (χ4n) is 0.973. The van der Waals surface area contributed by atoms with Gasteiger partial charge in [0.15, 0.2) is 0 Å². The Morgan fingerprint density at radius 2 is 2.00 bits per heavy atom. The molecule has 0 atom stereocenters. The quantitative estimate of drug-likeness (QED) is 0.712. The summed E-state index contributed by atoms with van der Waals surface area (Å²) in [5.74, 6) is 0. The zero-order valence-corrected chi connectivity index (χ0v) is 8.48. The summed E-state index contributed by atoms with van der Waals surface area (Å²) < 4.78 is 36.7. The summed E-state index contributed by atoms with van der Waals surface area (Å²) in [6.07, 6.45) is -4.39. The van der Waals surface area contributed by atoms with Crippen LogP contribution < -0.4 is 0 Å². The van der Waals surface area contributed by atoms with Crippen LogP contribution in [0, 0.1) is 11.3 Å². The summed E-state index contributed by atoms with van der Waals surface area (Å²) in [7, 11) is 0. The Hall–Kier alpha value is -1.02. The van der Waals surface area contributed by atoms with Crippen molar-refractivity contribution in [3.63, 3.8) is 0 Å². The molecule has 0 bridgehead atoms. The Kier molecular flexibility index (Phi) is 3.17. The highest BCUT2D eigenvalue weighted by Crippen LogP contribution is 2.30. The van der Waals surface area contributed by atoms with Crippen molar-refractivity contribution in [2.45, 2.75) is 11.5 Å². The standard InChI is InChI=1S/C9H5BrF3N/c10-4-6-1-2-8(9(11,12)13)3-7(6)5-14/h1-3H,4H2. The van der Waals surface area contributed by atoms with E-state index in [1.54, 1.807) is 6.07 Å². The molecular formula is C9H5BrF3N. The van der Waals surface area contributed by atoms with Gasteiger partial charge in [0.05, 0.1) is 17.2 Å². The molecule has 1 rings (SSSR count). The number of alkyl halides is 4. The molecular weight excluding hydrogens is 259 g/mol. The van der Waals surface area contributed by atoms with Crippen molar-refractivity contribution < 1.29 is 13.2 Å². The molecule has 0 spiro atoms. The predicted molar refractivity (Wildman–Crippen MR) is 48.8 cm³/mol. The molecule has 0 heterocycles. The maximum Gasteiger partial charge on any atom is 0.416 e. The van der Waals surface area contributed by atoms with Gasteiger partial charge in [-0.3, -0.25) is 0 Å². The van der Waals surface area contributed by atoms with E-state index in [2.05, 4.69) is 15.9 Å². The van der Waals surface area contributed by atoms with Gasteiger partial charge in [-0.1, -0.05) is 22.0 Å². The fraction of sp³-hybridized carbons (Fsp3) is 0.222. The summed E-state index contributed by atoms with van der Waals surface area (Å²) in [5, 5.41) is 8.97. The number of nitriles is 1. The van der Waals surface area contributed by atoms with Gasteiger partial charge in [0.25, 0.3) is 0 Å². The molecule has 0 unspecified atom stereocenters. The molecule has 0 aliphatic rings. The number of nitrogens with zero attached hydrogens (tertiary/aromatic N) is 1. The van der Waals surface area contributed by atoms with E-state index in [-0.39, 0.29) is 5.56 Å². The molecule has 5 heteroatoms. The monoisotopic (exact) mass is 263 g/mol. The van der Waals surface area contributed by atoms with Gasteiger partial charge in [0, 0.05) is 5.33 Å². The maximum atomic E-state index is 12.2. The molecule has 0 N–H and O–H groups in total. The van der Waals surface area contributed by atoms with E-state index < -0.39 is 11.7 Å². The van der Waals surface area contributed by atoms with Crippen LogP contribution >= 0.6 is 15.9 Å². The number of hydrogen-bond acceptors (Lipinski definition) is 1. The first-order chi connectivity index (χ1) is 6.49. The third-order valence-electron chi connectivity index (χ3n) is 1.70. The molecule has 0 amide bonds. The lowest BCUT2D eigenvalue weighted by molar-refractivity contribution is -0.137. The molecule has 1 nitrogen and oxygen atoms in total. The fourth-order valence-corrected chi connectivity index (χ4v) is 1.46. The predicted octanol–water partition coefficient (Wildman–Crippen LogP) is 3.47. The van der Waals surface area contributed by atoms with Crippen molar-refractivity contribution in [2.75, 3.05) is 0 Å². The smallest absolute Gasteiger partial charge is 0.192 e. The van der Waals surface area contributed by atoms with Gasteiger partial charge in [0.2, 0.25) is 0 Å². The third-order valence-corrected chi connectivity index (χ3v) is 2.31. The van der Waals surface area contributed by atoms with E-state index in [1.807, 2.05) is 0 Å². The van der Waals surface area contributed by atoms with E-state index in [4.69, 9.17) is 5.26 Å². The summed E-state index contributed by atoms with van der Waals surface area (Å²) in [5.41, 5.74) is -0.184. The van der Waals surface area contributed by atoms with Crippen LogP contribution in [0.25, 0.3) is 0 Å². The highest BCUT2D eigenvalue weighted by atomic mass is 79.9. The van der Waals surface area contributed by atoms with Crippen molar-refractivity contribution in [1.29, 1.82) is 5.26 Å². The molecule has 1 aromatic rings. The molecule has 0 aliphatic heterocycles. The van der Waals surface area contributed by atoms with Gasteiger partial charge in [-0.05, 0) is 17.7 Å². The van der Waals surface area contributed by atoms with Crippen LogP contribution in [0.1, 0.15) is 16.7 Å². The Morgan fingerprint density at radius 1 is 1.36 bits per heavy atom. The van der Waals surface area contributed by atoms with Crippen molar-refractivity contribution in [3.8, 4) is 6.07 Å². The Balaban J connectivity index is 3.23. The van der Waals surface area contributed by atoms with Crippen LogP contribution in [0.5, 0.6) is 0 Å². The molecule has 74 valence electrons. The lowest BCUT2D eigenvalue weighted by atomic mass is 10.1. The second-order valence-electron chi connectivity index (χ2n) is 2.62. The van der Waals surface area contributed by atoms with Crippen LogP contribution in [0.15, 0.2) is 18.2 Å². The van der Waals surface area contributed by atoms with Crippen LogP contribution in [0.2, 0.25) is 0 Å². The lowest BCUT2D eigenvalue weighted by Gasteiger charge is -2.08. The zero-order chi connectivity index (χ0) is 10.8. The van der Waals surface area contributed by atoms with Crippen LogP contribution in [0.3, 0.4) is 0 Å². The van der Waals surface area contributed by atoms with Crippen molar-refractivity contribution in [1.82, 2.24) is 0 Å². The highest BCUT2D eigenvalue weighted by Gasteiger charge is 2.30. The number of hydrogen-bond donors (Lipinski definition) is 0. The van der Waals surface area contributed by atoms with Crippen molar-refractivity contribution in [2.24, 2.45) is 0 Å². The molecule has 0 aliphatic carbocycles. The van der Waals surface area contributed by atoms with Gasteiger partial charge in [0.1, 0.15) is 0 Å². The first kappa shape index (κ1) is 11.1. The zero-order valence-electron chi connectivity index (χ0n) is 6.90. The van der Waals surface area contributed by atoms with Crippen LogP contribution in [-0.2, 0) is 11.5 Å². The highest BCUT2D eigenvalue weighted by molar-refractivity contribution is 9.08. The molecule has 0 radical (unpaired) electrons. The normalized spacial score (nSPS) is 11.1. The minimum atomic E-state index is -4.39. The molecule has 0 saturated carbocycles. The summed E-state index contributed by atoms with van der Waals surface area (Å²) in [4.78, 5) is 0. The van der Waals surface area contributed by atoms with Crippen LogP contribution in [0.4, 0.5) is 13.2 Å². The second-order valence-corrected chi connectivity index (χ2v) is 3.18. The van der Waals surface area contributed by atoms with E-state index in [1.165, 1.54) is 6.07 Å². The third kappa shape index (κ3) is 2.26. The van der Waals surface area contributed by atoms with Gasteiger partial charge >= 0.3 is 6.18 Å². The summed E-state index contributed by atoms with van der Waals surface area (Å²) >= 11 is 3.09. The van der Waals surface area contributed by atoms with Gasteiger partial charge in [-0.15, -0.1) is 0 Å². The summed E-state index contributed by atoms with van der Waals surface area (Å²) in [6, 6.07) is 4.86. The van der Waals surface area contributed by atoms with E-state index in [0.29, 0.717) is 10.9 Å². The largest absolute Gasteiger partial charge is 0.416 e. The van der Waals surface area contributed by atoms with Gasteiger partial charge in [-0.25, -0.2) is 0 Å². The Bertz CT molecular complexity index is 379. The van der Waals surface area contributed by atoms with Crippen molar-refractivity contribution in [3.05, 3.63) is 34.9 Å². The molecule has 0 saturated heterocycles.